The Morgan fingerprint density at radius 2 is 2.16 bits per heavy atom. The van der Waals surface area contributed by atoms with Gasteiger partial charge in [-0.15, -0.1) is 28.2 Å². The zero-order chi connectivity index (χ0) is 27.7. The third-order valence-corrected chi connectivity index (χ3v) is 8.28. The van der Waals surface area contributed by atoms with Crippen molar-refractivity contribution in [3.8, 4) is 0 Å². The molecule has 4 heterocycles. The Morgan fingerprint density at radius 1 is 1.42 bits per heavy atom. The number of H-pyrrole nitrogens is 1. The number of carboxylic acids is 1. The molecular formula is C18H16F2N8O7S3. The van der Waals surface area contributed by atoms with Gasteiger partial charge in [-0.25, -0.2) is 14.9 Å². The quantitative estimate of drug-likeness (QED) is 0.0908. The number of nitrogens with one attached hydrogen (secondary N) is 2. The van der Waals surface area contributed by atoms with Crippen LogP contribution in [0, 0.1) is 0 Å². The van der Waals surface area contributed by atoms with Gasteiger partial charge in [-0.05, 0) is 5.57 Å². The van der Waals surface area contributed by atoms with Crippen LogP contribution in [0.25, 0.3) is 0 Å². The van der Waals surface area contributed by atoms with E-state index in [1.165, 1.54) is 12.4 Å². The van der Waals surface area contributed by atoms with Crippen molar-refractivity contribution in [2.45, 2.75) is 23.2 Å². The Hall–Kier alpha value is -3.78. The van der Waals surface area contributed by atoms with Crippen LogP contribution in [0.15, 0.2) is 36.6 Å². The number of fused-ring (bicyclic) bond motifs is 1. The van der Waals surface area contributed by atoms with E-state index < -0.39 is 52.6 Å². The second-order valence-corrected chi connectivity index (χ2v) is 10.4. The number of nitrogens with two attached hydrogens (primary N) is 1. The fraction of sp³-hybridized carbons (Fsp3) is 0.333. The smallest absolute Gasteiger partial charge is 0.407 e. The fourth-order valence-electron chi connectivity index (χ4n) is 3.44. The summed E-state index contributed by atoms with van der Waals surface area (Å²) in [6.07, 6.45) is 0. The molecule has 2 aliphatic rings. The van der Waals surface area contributed by atoms with Gasteiger partial charge in [-0.1, -0.05) is 16.9 Å². The number of halogens is 2. The largest absolute Gasteiger partial charge is 0.477 e. The lowest BCUT2D eigenvalue weighted by Crippen LogP contribution is -2.71. The van der Waals surface area contributed by atoms with Crippen LogP contribution in [-0.4, -0.2) is 82.8 Å². The van der Waals surface area contributed by atoms with Crippen molar-refractivity contribution in [3.05, 3.63) is 43.1 Å². The molecule has 4 rings (SSSR count). The van der Waals surface area contributed by atoms with Gasteiger partial charge < -0.3 is 21.0 Å². The number of anilines is 1. The second-order valence-electron chi connectivity index (χ2n) is 7.48. The van der Waals surface area contributed by atoms with E-state index in [-0.39, 0.29) is 33.2 Å². The molecule has 15 nitrogen and oxygen atoms in total. The number of aromatic nitrogens is 4. The number of thiazole rings is 1. The van der Waals surface area contributed by atoms with Crippen LogP contribution in [-0.2, 0) is 26.3 Å². The Kier molecular flexibility index (Phi) is 7.83. The predicted molar refractivity (Wildman–Crippen MR) is 131 cm³/mol. The molecule has 20 heteroatoms. The normalized spacial score (nSPS) is 19.3. The van der Waals surface area contributed by atoms with E-state index >= 15 is 0 Å². The molecule has 38 heavy (non-hydrogen) atoms. The average molecular weight is 591 g/mol. The van der Waals surface area contributed by atoms with Crippen molar-refractivity contribution in [3.63, 3.8) is 0 Å². The number of nitrogen functional groups attached to an aromatic ring is 1. The van der Waals surface area contributed by atoms with E-state index in [9.17, 15) is 37.9 Å². The van der Waals surface area contributed by atoms with Crippen LogP contribution in [0.5, 0.6) is 0 Å². The van der Waals surface area contributed by atoms with Crippen LogP contribution in [0.2, 0.25) is 0 Å². The summed E-state index contributed by atoms with van der Waals surface area (Å²) < 4.78 is 26.1. The highest BCUT2D eigenvalue weighted by Gasteiger charge is 2.54. The number of aromatic amines is 1. The standard InChI is InChI=1S/C18H16F2N8O7S3/c1-27-13(32)11(30)24-25-18(27)38-3-5-2-36-14-8(12(31)28(14)9(5)15(33)34)23-10(29)7(26-35-16(19)20)6-4-37-17(21)22-6/h4,8,14,16H,2-3H2,1H3,(H2,21,22)(H,23,29)(H,24,30)(H,33,34)/t8?,14-/m1/s1. The molecule has 2 amide bonds. The van der Waals surface area contributed by atoms with Crippen molar-refractivity contribution in [1.82, 2.24) is 30.0 Å². The van der Waals surface area contributed by atoms with Crippen LogP contribution in [0.3, 0.4) is 0 Å². The molecule has 1 saturated heterocycles. The maximum atomic E-state index is 12.9. The fourth-order valence-corrected chi connectivity index (χ4v) is 6.39. The Bertz CT molecular complexity index is 1490. The van der Waals surface area contributed by atoms with Gasteiger partial charge in [0.25, 0.3) is 11.8 Å². The van der Waals surface area contributed by atoms with Gasteiger partial charge in [0.1, 0.15) is 22.8 Å². The minimum Gasteiger partial charge on any atom is -0.477 e. The topological polar surface area (TPSA) is 215 Å². The van der Waals surface area contributed by atoms with Crippen LogP contribution in [0.4, 0.5) is 13.9 Å². The summed E-state index contributed by atoms with van der Waals surface area (Å²) in [6.45, 7) is -3.32. The first-order valence-corrected chi connectivity index (χ1v) is 13.1. The summed E-state index contributed by atoms with van der Waals surface area (Å²) in [5.41, 5.74) is 3.02. The zero-order valence-corrected chi connectivity index (χ0v) is 21.4. The van der Waals surface area contributed by atoms with Crippen molar-refractivity contribution < 1.29 is 33.1 Å². The van der Waals surface area contributed by atoms with E-state index in [0.29, 0.717) is 5.57 Å². The van der Waals surface area contributed by atoms with Gasteiger partial charge in [0, 0.05) is 23.9 Å². The third-order valence-electron chi connectivity index (χ3n) is 5.15. The summed E-state index contributed by atoms with van der Waals surface area (Å²) in [7, 11) is 1.33. The van der Waals surface area contributed by atoms with Crippen molar-refractivity contribution >= 4 is 63.5 Å². The number of hydrogen-bond acceptors (Lipinski definition) is 13. The van der Waals surface area contributed by atoms with Gasteiger partial charge in [0.05, 0.1) is 0 Å². The molecule has 1 fully saturated rings. The lowest BCUT2D eigenvalue weighted by Gasteiger charge is -2.49. The maximum absolute atomic E-state index is 12.9. The first-order chi connectivity index (χ1) is 18.0. The number of nitrogens with zero attached hydrogens (tertiary/aromatic N) is 5. The number of rotatable bonds is 9. The predicted octanol–water partition coefficient (Wildman–Crippen LogP) is -1.02. The molecule has 0 saturated carbocycles. The van der Waals surface area contributed by atoms with Gasteiger partial charge in [-0.2, -0.15) is 8.78 Å². The molecule has 1 unspecified atom stereocenters. The number of oxime groups is 1. The number of alkyl halides is 2. The molecular weight excluding hydrogens is 574 g/mol. The van der Waals surface area contributed by atoms with Crippen molar-refractivity contribution in [1.29, 1.82) is 0 Å². The molecule has 5 N–H and O–H groups in total. The lowest BCUT2D eigenvalue weighted by molar-refractivity contribution is -0.150. The highest BCUT2D eigenvalue weighted by atomic mass is 32.2. The number of carboxylic acid groups (broad SMARTS) is 1. The minimum atomic E-state index is -3.32. The van der Waals surface area contributed by atoms with Gasteiger partial charge in [0.15, 0.2) is 16.0 Å². The van der Waals surface area contributed by atoms with Gasteiger partial charge in [-0.3, -0.25) is 28.6 Å². The molecule has 0 aromatic carbocycles. The van der Waals surface area contributed by atoms with E-state index in [0.717, 1.165) is 44.3 Å². The first kappa shape index (κ1) is 27.3. The molecule has 0 radical (unpaired) electrons. The molecule has 202 valence electrons. The maximum Gasteiger partial charge on any atom is 0.407 e. The summed E-state index contributed by atoms with van der Waals surface area (Å²) in [5, 5.41) is 21.8. The molecule has 2 aromatic rings. The van der Waals surface area contributed by atoms with Gasteiger partial charge >= 0.3 is 23.7 Å². The first-order valence-electron chi connectivity index (χ1n) is 10.2. The number of aliphatic carboxylic acids is 1. The minimum absolute atomic E-state index is 0.0293. The SMILES string of the molecule is Cn1c(SCC2=C(C(=O)O)N3C(=O)C(NC(=O)C(=NOC(F)F)c4csc(N)n4)[C@H]3SC2)n[nH]c(=O)c1=O. The molecule has 2 atom stereocenters. The number of thioether (sulfide) groups is 2. The average Bonchev–Trinajstić information content (AvgIpc) is 3.30. The van der Waals surface area contributed by atoms with E-state index in [1.54, 1.807) is 0 Å². The summed E-state index contributed by atoms with van der Waals surface area (Å²) in [5.74, 6) is -3.02. The third kappa shape index (κ3) is 5.27. The molecule has 0 spiro atoms. The number of β-lactam (4-membered cyclic amide) rings is 1. The van der Waals surface area contributed by atoms with Crippen LogP contribution < -0.4 is 22.2 Å². The van der Waals surface area contributed by atoms with E-state index in [1.807, 2.05) is 0 Å². The molecule has 0 bridgehead atoms. The highest BCUT2D eigenvalue weighted by molar-refractivity contribution is 8.01. The molecule has 2 aromatic heterocycles. The summed E-state index contributed by atoms with van der Waals surface area (Å²) >= 11 is 3.06. The van der Waals surface area contributed by atoms with E-state index in [4.69, 9.17) is 5.73 Å². The number of amides is 2. The summed E-state index contributed by atoms with van der Waals surface area (Å²) in [6, 6.07) is -1.19. The van der Waals surface area contributed by atoms with Crippen molar-refractivity contribution in [2.75, 3.05) is 17.2 Å². The molecule has 2 aliphatic heterocycles. The Labute approximate surface area is 222 Å². The Morgan fingerprint density at radius 3 is 2.79 bits per heavy atom. The van der Waals surface area contributed by atoms with Crippen LogP contribution in [0.1, 0.15) is 5.69 Å². The Balaban J connectivity index is 1.52. The van der Waals surface area contributed by atoms with Gasteiger partial charge in [0.2, 0.25) is 0 Å². The van der Waals surface area contributed by atoms with Crippen molar-refractivity contribution in [2.24, 2.45) is 12.2 Å². The molecule has 0 aliphatic carbocycles. The monoisotopic (exact) mass is 590 g/mol. The number of carbonyl (C=O) groups excluding carboxylic acids is 2. The van der Waals surface area contributed by atoms with E-state index in [2.05, 4.69) is 30.5 Å². The van der Waals surface area contributed by atoms with Crippen LogP contribution >= 0.6 is 34.9 Å². The number of hydrogen-bond donors (Lipinski definition) is 4. The zero-order valence-electron chi connectivity index (χ0n) is 18.9. The second kappa shape index (κ2) is 10.9. The number of carbonyl (C=O) groups is 3. The summed E-state index contributed by atoms with van der Waals surface area (Å²) in [4.78, 5) is 69.6. The highest BCUT2D eigenvalue weighted by Crippen LogP contribution is 2.41. The lowest BCUT2D eigenvalue weighted by atomic mass is 10.0.